The van der Waals surface area contributed by atoms with E-state index in [-0.39, 0.29) is 33.8 Å². The average molecular weight is 846 g/mol. The molecule has 4 saturated carbocycles. The predicted octanol–water partition coefficient (Wildman–Crippen LogP) is 14.1. The van der Waals surface area contributed by atoms with Gasteiger partial charge >= 0.3 is 0 Å². The molecule has 0 N–H and O–H groups in total. The molecule has 4 aliphatic carbocycles. The van der Waals surface area contributed by atoms with E-state index in [1.54, 1.807) is 0 Å². The number of hydrogen-bond acceptors (Lipinski definition) is 4. The zero-order valence-corrected chi connectivity index (χ0v) is 40.6. The van der Waals surface area contributed by atoms with Crippen LogP contribution in [-0.4, -0.2) is 11.7 Å². The molecule has 12 rings (SSSR count). The lowest BCUT2D eigenvalue weighted by Crippen LogP contribution is -2.62. The maximum Gasteiger partial charge on any atom is 0.279 e. The summed E-state index contributed by atoms with van der Waals surface area (Å²) in [6, 6.07) is 40.3. The minimum Gasteiger partial charge on any atom is -0.420 e. The largest absolute Gasteiger partial charge is 0.420 e. The van der Waals surface area contributed by atoms with Gasteiger partial charge in [0.1, 0.15) is 0 Å². The van der Waals surface area contributed by atoms with E-state index >= 15 is 0 Å². The van der Waals surface area contributed by atoms with E-state index in [9.17, 15) is 0 Å². The van der Waals surface area contributed by atoms with Crippen LogP contribution in [0.5, 0.6) is 0 Å². The molecular formula is C59H68BN3O. The third kappa shape index (κ3) is 6.72. The summed E-state index contributed by atoms with van der Waals surface area (Å²) in [5.41, 5.74) is 17.7. The second-order valence-electron chi connectivity index (χ2n) is 24.9. The number of fused-ring (bicyclic) bond motifs is 4. The van der Waals surface area contributed by atoms with Crippen molar-refractivity contribution in [3.05, 3.63) is 131 Å². The van der Waals surface area contributed by atoms with E-state index in [4.69, 9.17) is 9.40 Å². The molecule has 2 aliphatic heterocycles. The Morgan fingerprint density at radius 3 is 1.44 bits per heavy atom. The Kier molecular flexibility index (Phi) is 9.11. The highest BCUT2D eigenvalue weighted by atomic mass is 16.4. The summed E-state index contributed by atoms with van der Waals surface area (Å²) >= 11 is 0. The number of rotatable bonds is 4. The van der Waals surface area contributed by atoms with E-state index in [0.29, 0.717) is 5.89 Å². The topological polar surface area (TPSA) is 32.5 Å². The standard InChI is InChI=1S/C59H68BN3O/c1-55(2,3)40-15-13-39(14-16-40)53-61-52-54(64-53)63(46-24-19-42(20-25-46)57(7,8)9)50-32-44(59-33-36-27-37(34-59)29-38(28-36)35-59)31-49-51(50)60(52)47-30-43(58(10,11)12)21-26-48(47)62(49)45-22-17-41(18-23-45)56(4,5)6/h13-26,30-32,36-38H,27-29,33-35H2,1-12H3. The van der Waals surface area contributed by atoms with E-state index < -0.39 is 0 Å². The van der Waals surface area contributed by atoms with Gasteiger partial charge in [-0.3, -0.25) is 4.90 Å². The molecule has 6 aromatic rings. The Morgan fingerprint density at radius 2 is 0.953 bits per heavy atom. The Labute approximate surface area is 384 Å². The lowest BCUT2D eigenvalue weighted by atomic mass is 9.35. The SMILES string of the molecule is CC(C)(C)c1ccc(-c2nc3c(o2)N(c2ccc(C(C)(C)C)cc2)c2cc(C45CC6CC(CC(C6)C4)C5)cc4c2B3c2cc(C(C)(C)C)ccc2N4c2ccc(C(C)(C)C)cc2)cc1. The summed E-state index contributed by atoms with van der Waals surface area (Å²) in [5, 5.41) is 0. The monoisotopic (exact) mass is 846 g/mol. The molecule has 0 amide bonds. The third-order valence-corrected chi connectivity index (χ3v) is 16.1. The Bertz CT molecular complexity index is 2750. The molecule has 3 heterocycles. The first-order chi connectivity index (χ1) is 30.1. The van der Waals surface area contributed by atoms with Crippen molar-refractivity contribution >= 4 is 57.6 Å². The zero-order valence-electron chi connectivity index (χ0n) is 40.6. The third-order valence-electron chi connectivity index (χ3n) is 16.1. The van der Waals surface area contributed by atoms with Gasteiger partial charge in [-0.25, -0.2) is 4.98 Å². The van der Waals surface area contributed by atoms with Crippen LogP contribution in [0.4, 0.5) is 34.3 Å². The van der Waals surface area contributed by atoms with Crippen molar-refractivity contribution in [2.24, 2.45) is 17.8 Å². The minimum atomic E-state index is -0.121. The van der Waals surface area contributed by atoms with E-state index in [1.165, 1.54) is 100 Å². The summed E-state index contributed by atoms with van der Waals surface area (Å²) in [6.45, 7) is 27.6. The van der Waals surface area contributed by atoms with Crippen LogP contribution in [0.2, 0.25) is 0 Å². The van der Waals surface area contributed by atoms with Crippen LogP contribution in [0, 0.1) is 17.8 Å². The molecule has 5 aromatic carbocycles. The molecule has 0 spiro atoms. The van der Waals surface area contributed by atoms with Gasteiger partial charge in [0.25, 0.3) is 6.71 Å². The Balaban J connectivity index is 1.21. The predicted molar refractivity (Wildman–Crippen MR) is 271 cm³/mol. The van der Waals surface area contributed by atoms with Crippen molar-refractivity contribution < 1.29 is 4.42 Å². The normalized spacial score (nSPS) is 22.4. The summed E-state index contributed by atoms with van der Waals surface area (Å²) in [4.78, 5) is 10.7. The quantitative estimate of drug-likeness (QED) is 0.165. The number of nitrogens with zero attached hydrogens (tertiary/aromatic N) is 3. The van der Waals surface area contributed by atoms with Gasteiger partial charge in [0.15, 0.2) is 0 Å². The first-order valence-corrected chi connectivity index (χ1v) is 24.4. The number of benzene rings is 5. The van der Waals surface area contributed by atoms with Gasteiger partial charge < -0.3 is 9.32 Å². The molecular weight excluding hydrogens is 777 g/mol. The van der Waals surface area contributed by atoms with Crippen LogP contribution < -0.4 is 26.3 Å². The van der Waals surface area contributed by atoms with Crippen molar-refractivity contribution in [2.75, 3.05) is 9.80 Å². The first kappa shape index (κ1) is 41.7. The molecule has 0 saturated heterocycles. The van der Waals surface area contributed by atoms with Gasteiger partial charge in [-0.05, 0) is 177 Å². The molecule has 4 nitrogen and oxygen atoms in total. The highest BCUT2D eigenvalue weighted by Gasteiger charge is 2.54. The number of anilines is 6. The molecule has 0 unspecified atom stereocenters. The highest BCUT2D eigenvalue weighted by molar-refractivity contribution is 6.99. The maximum absolute atomic E-state index is 7.29. The van der Waals surface area contributed by atoms with Crippen LogP contribution in [0.3, 0.4) is 0 Å². The maximum atomic E-state index is 7.29. The fourth-order valence-electron chi connectivity index (χ4n) is 12.9. The van der Waals surface area contributed by atoms with Crippen LogP contribution in [0.1, 0.15) is 149 Å². The highest BCUT2D eigenvalue weighted by Crippen LogP contribution is 2.62. The summed E-state index contributed by atoms with van der Waals surface area (Å²) < 4.78 is 7.29. The molecule has 4 bridgehead atoms. The van der Waals surface area contributed by atoms with E-state index in [2.05, 4.69) is 196 Å². The van der Waals surface area contributed by atoms with Crippen molar-refractivity contribution in [1.29, 1.82) is 0 Å². The van der Waals surface area contributed by atoms with Gasteiger partial charge in [0.2, 0.25) is 11.8 Å². The number of hydrogen-bond donors (Lipinski definition) is 0. The average Bonchev–Trinajstić information content (AvgIpc) is 3.67. The first-order valence-electron chi connectivity index (χ1n) is 24.4. The van der Waals surface area contributed by atoms with Gasteiger partial charge in [-0.2, -0.15) is 0 Å². The van der Waals surface area contributed by atoms with Crippen LogP contribution in [-0.2, 0) is 27.1 Å². The minimum absolute atomic E-state index is 0.0322. The second kappa shape index (κ2) is 14.0. The van der Waals surface area contributed by atoms with Gasteiger partial charge in [0.05, 0.1) is 5.59 Å². The smallest absolute Gasteiger partial charge is 0.279 e. The lowest BCUT2D eigenvalue weighted by molar-refractivity contribution is -0.00514. The van der Waals surface area contributed by atoms with Crippen LogP contribution in [0.25, 0.3) is 11.5 Å². The number of aromatic nitrogens is 1. The molecule has 6 aliphatic rings. The van der Waals surface area contributed by atoms with E-state index in [1.807, 2.05) is 0 Å². The van der Waals surface area contributed by atoms with E-state index in [0.717, 1.165) is 40.5 Å². The fourth-order valence-corrected chi connectivity index (χ4v) is 12.9. The summed E-state index contributed by atoms with van der Waals surface area (Å²) in [5.74, 6) is 4.00. The molecule has 64 heavy (non-hydrogen) atoms. The van der Waals surface area contributed by atoms with Gasteiger partial charge in [0, 0.05) is 34.0 Å². The van der Waals surface area contributed by atoms with Crippen molar-refractivity contribution in [3.63, 3.8) is 0 Å². The lowest BCUT2D eigenvalue weighted by Gasteiger charge is -2.57. The van der Waals surface area contributed by atoms with Crippen LogP contribution in [0.15, 0.2) is 108 Å². The van der Waals surface area contributed by atoms with Crippen molar-refractivity contribution in [1.82, 2.24) is 4.98 Å². The molecule has 5 heteroatoms. The zero-order chi connectivity index (χ0) is 44.9. The Morgan fingerprint density at radius 1 is 0.516 bits per heavy atom. The molecule has 328 valence electrons. The molecule has 4 fully saturated rings. The van der Waals surface area contributed by atoms with Crippen molar-refractivity contribution in [2.45, 2.75) is 149 Å². The number of oxazole rings is 1. The van der Waals surface area contributed by atoms with Crippen LogP contribution >= 0.6 is 0 Å². The molecule has 1 aromatic heterocycles. The second-order valence-corrected chi connectivity index (χ2v) is 24.9. The van der Waals surface area contributed by atoms with Gasteiger partial charge in [-0.1, -0.05) is 132 Å². The van der Waals surface area contributed by atoms with Gasteiger partial charge in [-0.15, -0.1) is 0 Å². The fraction of sp³-hybridized carbons (Fsp3) is 0.441. The molecule has 0 radical (unpaired) electrons. The summed E-state index contributed by atoms with van der Waals surface area (Å²) in [6.07, 6.45) is 8.16. The van der Waals surface area contributed by atoms with Crippen molar-refractivity contribution in [3.8, 4) is 11.5 Å². The summed E-state index contributed by atoms with van der Waals surface area (Å²) in [7, 11) is 0. The Hall–Kier alpha value is -5.03. The molecule has 0 atom stereocenters.